The maximum atomic E-state index is 2.63. The van der Waals surface area contributed by atoms with Gasteiger partial charge in [0.1, 0.15) is 0 Å². The van der Waals surface area contributed by atoms with Gasteiger partial charge in [0.2, 0.25) is 0 Å². The van der Waals surface area contributed by atoms with Crippen molar-refractivity contribution in [2.45, 2.75) is 56.4 Å². The van der Waals surface area contributed by atoms with Crippen LogP contribution in [-0.4, -0.2) is 11.8 Å². The van der Waals surface area contributed by atoms with Gasteiger partial charge >= 0.3 is 0 Å². The van der Waals surface area contributed by atoms with Gasteiger partial charge in [0.05, 0.1) is 0 Å². The van der Waals surface area contributed by atoms with Crippen LogP contribution in [0.5, 0.6) is 0 Å². The molecule has 0 amide bonds. The Hall–Kier alpha value is -1.93. The minimum atomic E-state index is 0.610. The molecule has 0 spiro atoms. The Labute approximate surface area is 168 Å². The highest BCUT2D eigenvalue weighted by molar-refractivity contribution is 7.99. The molecule has 27 heavy (non-hydrogen) atoms. The molecule has 0 N–H and O–H groups in total. The standard InChI is InChI=1S/C25H29NS/c1-20-24(18-17-21-12-6-2-3-11-19-27-25(20)21)26(22-13-7-4-8-14-22)23-15-9-5-10-16-23/h2-4,6-8,11,13-14,17-18,23H,5,9-10,12,15-16,19H2,1H3/b6-2-,11-3-. The first-order valence-corrected chi connectivity index (χ1v) is 11.2. The van der Waals surface area contributed by atoms with Crippen molar-refractivity contribution in [2.24, 2.45) is 0 Å². The Balaban J connectivity index is 1.78. The first-order chi connectivity index (χ1) is 13.3. The third kappa shape index (κ3) is 4.16. The molecule has 0 radical (unpaired) electrons. The average molecular weight is 376 g/mol. The van der Waals surface area contributed by atoms with Gasteiger partial charge in [-0.3, -0.25) is 0 Å². The third-order valence-corrected chi connectivity index (χ3v) is 6.95. The Morgan fingerprint density at radius 3 is 2.48 bits per heavy atom. The molecule has 2 aliphatic rings. The lowest BCUT2D eigenvalue weighted by Gasteiger charge is -2.37. The number of allylic oxidation sites excluding steroid dienone is 3. The van der Waals surface area contributed by atoms with E-state index in [0.717, 1.165) is 12.2 Å². The number of rotatable bonds is 3. The molecule has 0 bridgehead atoms. The van der Waals surface area contributed by atoms with E-state index in [9.17, 15) is 0 Å². The SMILES string of the molecule is Cc1c(N(c2ccccc2)C2CCCCC2)ccc2c1SC/C=C\C=C/C2. The zero-order valence-corrected chi connectivity index (χ0v) is 17.0. The van der Waals surface area contributed by atoms with Crippen LogP contribution in [-0.2, 0) is 6.42 Å². The highest BCUT2D eigenvalue weighted by Crippen LogP contribution is 2.40. The number of hydrogen-bond acceptors (Lipinski definition) is 2. The van der Waals surface area contributed by atoms with E-state index in [1.165, 1.54) is 59.5 Å². The van der Waals surface area contributed by atoms with Crippen molar-refractivity contribution in [1.29, 1.82) is 0 Å². The number of para-hydroxylation sites is 1. The first kappa shape index (κ1) is 18.4. The number of thioether (sulfide) groups is 1. The molecule has 1 aliphatic carbocycles. The predicted octanol–water partition coefficient (Wildman–Crippen LogP) is 7.23. The van der Waals surface area contributed by atoms with Gasteiger partial charge in [-0.05, 0) is 55.5 Å². The summed E-state index contributed by atoms with van der Waals surface area (Å²) in [5.74, 6) is 1.04. The van der Waals surface area contributed by atoms with Crippen LogP contribution >= 0.6 is 11.8 Å². The average Bonchev–Trinajstić information content (AvgIpc) is 2.84. The van der Waals surface area contributed by atoms with Gasteiger partial charge in [-0.15, -0.1) is 11.8 Å². The van der Waals surface area contributed by atoms with Crippen molar-refractivity contribution in [1.82, 2.24) is 0 Å². The molecular formula is C25H29NS. The van der Waals surface area contributed by atoms with Gasteiger partial charge in [0.15, 0.2) is 0 Å². The molecule has 4 rings (SSSR count). The lowest BCUT2D eigenvalue weighted by Crippen LogP contribution is -2.33. The summed E-state index contributed by atoms with van der Waals surface area (Å²) in [7, 11) is 0. The van der Waals surface area contributed by atoms with Crippen LogP contribution in [0.3, 0.4) is 0 Å². The van der Waals surface area contributed by atoms with E-state index >= 15 is 0 Å². The van der Waals surface area contributed by atoms with Crippen molar-refractivity contribution in [3.8, 4) is 0 Å². The van der Waals surface area contributed by atoms with Crippen molar-refractivity contribution in [3.63, 3.8) is 0 Å². The molecule has 1 heterocycles. The number of nitrogens with zero attached hydrogens (tertiary/aromatic N) is 1. The van der Waals surface area contributed by atoms with E-state index in [4.69, 9.17) is 0 Å². The summed E-state index contributed by atoms with van der Waals surface area (Å²) in [4.78, 5) is 4.11. The molecule has 0 aromatic heterocycles. The van der Waals surface area contributed by atoms with Gasteiger partial charge in [0, 0.05) is 28.1 Å². The summed E-state index contributed by atoms with van der Waals surface area (Å²) in [6, 6.07) is 16.3. The highest BCUT2D eigenvalue weighted by Gasteiger charge is 2.25. The summed E-state index contributed by atoms with van der Waals surface area (Å²) in [6.07, 6.45) is 16.6. The van der Waals surface area contributed by atoms with Crippen LogP contribution in [0, 0.1) is 6.92 Å². The fourth-order valence-electron chi connectivity index (χ4n) is 4.37. The molecule has 0 atom stereocenters. The fraction of sp³-hybridized carbons (Fsp3) is 0.360. The zero-order valence-electron chi connectivity index (χ0n) is 16.2. The van der Waals surface area contributed by atoms with Crippen LogP contribution in [0.4, 0.5) is 11.4 Å². The lowest BCUT2D eigenvalue weighted by atomic mass is 9.92. The lowest BCUT2D eigenvalue weighted by molar-refractivity contribution is 0.435. The Morgan fingerprint density at radius 2 is 1.67 bits per heavy atom. The second-order valence-electron chi connectivity index (χ2n) is 7.57. The number of benzene rings is 2. The van der Waals surface area contributed by atoms with Crippen LogP contribution in [0.15, 0.2) is 71.7 Å². The highest BCUT2D eigenvalue weighted by atomic mass is 32.2. The molecule has 2 aromatic rings. The number of anilines is 2. The maximum Gasteiger partial charge on any atom is 0.0454 e. The minimum Gasteiger partial charge on any atom is -0.338 e. The monoisotopic (exact) mass is 375 g/mol. The Kier molecular flexibility index (Phi) is 6.03. The first-order valence-electron chi connectivity index (χ1n) is 10.3. The number of fused-ring (bicyclic) bond motifs is 1. The second-order valence-corrected chi connectivity index (χ2v) is 8.60. The predicted molar refractivity (Wildman–Crippen MR) is 119 cm³/mol. The summed E-state index contributed by atoms with van der Waals surface area (Å²) in [5.41, 5.74) is 5.63. The molecule has 0 saturated heterocycles. The van der Waals surface area contributed by atoms with E-state index in [1.54, 1.807) is 0 Å². The molecule has 1 saturated carbocycles. The smallest absolute Gasteiger partial charge is 0.0454 e. The molecule has 1 fully saturated rings. The Morgan fingerprint density at radius 1 is 0.889 bits per heavy atom. The molecule has 1 aliphatic heterocycles. The van der Waals surface area contributed by atoms with Crippen LogP contribution in [0.1, 0.15) is 43.2 Å². The largest absolute Gasteiger partial charge is 0.338 e. The second kappa shape index (κ2) is 8.84. The minimum absolute atomic E-state index is 0.610. The van der Waals surface area contributed by atoms with Crippen LogP contribution in [0.25, 0.3) is 0 Å². The van der Waals surface area contributed by atoms with E-state index in [-0.39, 0.29) is 0 Å². The normalized spacial score (nSPS) is 20.0. The van der Waals surface area contributed by atoms with Crippen LogP contribution in [0.2, 0.25) is 0 Å². The molecule has 0 unspecified atom stereocenters. The molecule has 140 valence electrons. The number of hydrogen-bond donors (Lipinski definition) is 0. The summed E-state index contributed by atoms with van der Waals surface area (Å²) < 4.78 is 0. The van der Waals surface area contributed by atoms with E-state index in [2.05, 4.69) is 78.6 Å². The van der Waals surface area contributed by atoms with Crippen molar-refractivity contribution in [2.75, 3.05) is 10.7 Å². The molecular weight excluding hydrogens is 346 g/mol. The Bertz CT molecular complexity index is 816. The van der Waals surface area contributed by atoms with E-state index in [1.807, 2.05) is 11.8 Å². The van der Waals surface area contributed by atoms with E-state index in [0.29, 0.717) is 6.04 Å². The van der Waals surface area contributed by atoms with E-state index < -0.39 is 0 Å². The quantitative estimate of drug-likeness (QED) is 0.557. The van der Waals surface area contributed by atoms with Gasteiger partial charge in [-0.25, -0.2) is 0 Å². The third-order valence-electron chi connectivity index (χ3n) is 5.74. The van der Waals surface area contributed by atoms with Gasteiger partial charge in [-0.2, -0.15) is 0 Å². The molecule has 2 aromatic carbocycles. The van der Waals surface area contributed by atoms with Gasteiger partial charge in [0.25, 0.3) is 0 Å². The zero-order chi connectivity index (χ0) is 18.5. The molecule has 2 heteroatoms. The summed E-state index contributed by atoms with van der Waals surface area (Å²) in [6.45, 7) is 2.32. The van der Waals surface area contributed by atoms with Crippen LogP contribution < -0.4 is 4.90 Å². The van der Waals surface area contributed by atoms with Crippen molar-refractivity contribution < 1.29 is 0 Å². The maximum absolute atomic E-state index is 2.63. The summed E-state index contributed by atoms with van der Waals surface area (Å²) in [5, 5.41) is 0. The van der Waals surface area contributed by atoms with Gasteiger partial charge in [-0.1, -0.05) is 67.8 Å². The molecule has 1 nitrogen and oxygen atoms in total. The van der Waals surface area contributed by atoms with Gasteiger partial charge < -0.3 is 4.90 Å². The summed E-state index contributed by atoms with van der Waals surface area (Å²) >= 11 is 1.98. The fourth-order valence-corrected chi connectivity index (χ4v) is 5.41. The van der Waals surface area contributed by atoms with Crippen molar-refractivity contribution in [3.05, 3.63) is 77.9 Å². The van der Waals surface area contributed by atoms with Crippen molar-refractivity contribution >= 4 is 23.1 Å². The topological polar surface area (TPSA) is 3.24 Å².